The van der Waals surface area contributed by atoms with Crippen LogP contribution in [0, 0.1) is 12.8 Å². The number of rotatable bonds is 3. The van der Waals surface area contributed by atoms with Crippen LogP contribution >= 0.6 is 11.3 Å². The van der Waals surface area contributed by atoms with Crippen molar-refractivity contribution in [3.8, 4) is 0 Å². The summed E-state index contributed by atoms with van der Waals surface area (Å²) in [5.74, 6) is 0.306. The Morgan fingerprint density at radius 2 is 2.23 bits per heavy atom. The van der Waals surface area contributed by atoms with Gasteiger partial charge in [0.1, 0.15) is 0 Å². The molecule has 1 aromatic heterocycles. The normalized spacial score (nSPS) is 18.2. The minimum absolute atomic E-state index is 0.306. The highest BCUT2D eigenvalue weighted by atomic mass is 32.1. The highest BCUT2D eigenvalue weighted by Gasteiger charge is 2.30. The van der Waals surface area contributed by atoms with Crippen molar-refractivity contribution in [1.82, 2.24) is 0 Å². The number of aliphatic hydroxyl groups is 1. The van der Waals surface area contributed by atoms with Crippen molar-refractivity contribution < 1.29 is 5.11 Å². The smallest absolute Gasteiger partial charge is 0.0904 e. The molecule has 0 saturated carbocycles. The summed E-state index contributed by atoms with van der Waals surface area (Å²) in [5, 5.41) is 12.4. The van der Waals surface area contributed by atoms with E-state index in [1.54, 1.807) is 11.3 Å². The Morgan fingerprint density at radius 1 is 1.62 bits per heavy atom. The molecule has 0 aliphatic carbocycles. The van der Waals surface area contributed by atoms with E-state index in [-0.39, 0.29) is 0 Å². The maximum atomic E-state index is 10.3. The Kier molecular flexibility index (Phi) is 3.14. The fourth-order valence-electron chi connectivity index (χ4n) is 1.57. The summed E-state index contributed by atoms with van der Waals surface area (Å²) >= 11 is 1.70. The Morgan fingerprint density at radius 3 is 2.62 bits per heavy atom. The molecule has 1 rings (SSSR count). The highest BCUT2D eigenvalue weighted by Crippen LogP contribution is 2.35. The van der Waals surface area contributed by atoms with E-state index in [2.05, 4.69) is 20.8 Å². The van der Waals surface area contributed by atoms with Crippen LogP contribution in [0.25, 0.3) is 0 Å². The van der Waals surface area contributed by atoms with Gasteiger partial charge >= 0.3 is 0 Å². The third kappa shape index (κ3) is 1.94. The Balaban J connectivity index is 2.99. The fourth-order valence-corrected chi connectivity index (χ4v) is 2.38. The molecule has 1 heterocycles. The topological polar surface area (TPSA) is 20.2 Å². The van der Waals surface area contributed by atoms with Gasteiger partial charge in [0.15, 0.2) is 0 Å². The van der Waals surface area contributed by atoms with Gasteiger partial charge < -0.3 is 5.11 Å². The van der Waals surface area contributed by atoms with Gasteiger partial charge in [0.25, 0.3) is 0 Å². The van der Waals surface area contributed by atoms with Gasteiger partial charge in [-0.2, -0.15) is 0 Å². The summed E-state index contributed by atoms with van der Waals surface area (Å²) < 4.78 is 0. The van der Waals surface area contributed by atoms with E-state index in [0.29, 0.717) is 5.92 Å². The molecule has 0 saturated heterocycles. The molecule has 1 aromatic rings. The van der Waals surface area contributed by atoms with Crippen molar-refractivity contribution in [2.75, 3.05) is 0 Å². The van der Waals surface area contributed by atoms with Crippen molar-refractivity contribution in [1.29, 1.82) is 0 Å². The lowest BCUT2D eigenvalue weighted by molar-refractivity contribution is -0.0000843. The molecule has 0 bridgehead atoms. The zero-order valence-corrected chi connectivity index (χ0v) is 9.61. The van der Waals surface area contributed by atoms with Crippen LogP contribution in [-0.2, 0) is 5.60 Å². The van der Waals surface area contributed by atoms with E-state index in [1.807, 2.05) is 18.4 Å². The zero-order valence-electron chi connectivity index (χ0n) is 8.79. The summed E-state index contributed by atoms with van der Waals surface area (Å²) in [5.41, 5.74) is 0.422. The van der Waals surface area contributed by atoms with Gasteiger partial charge in [0.2, 0.25) is 0 Å². The number of hydrogen-bond acceptors (Lipinski definition) is 2. The van der Waals surface area contributed by atoms with Crippen LogP contribution in [0.3, 0.4) is 0 Å². The first-order chi connectivity index (χ1) is 6.00. The second-order valence-electron chi connectivity index (χ2n) is 3.85. The first kappa shape index (κ1) is 10.7. The van der Waals surface area contributed by atoms with Crippen molar-refractivity contribution in [2.24, 2.45) is 5.92 Å². The van der Waals surface area contributed by atoms with Gasteiger partial charge in [0.05, 0.1) is 5.60 Å². The average molecular weight is 198 g/mol. The van der Waals surface area contributed by atoms with Crippen LogP contribution in [0.15, 0.2) is 11.4 Å². The van der Waals surface area contributed by atoms with Crippen LogP contribution < -0.4 is 0 Å². The monoisotopic (exact) mass is 198 g/mol. The van der Waals surface area contributed by atoms with Crippen LogP contribution in [0.1, 0.15) is 37.6 Å². The van der Waals surface area contributed by atoms with Crippen LogP contribution in [0.4, 0.5) is 0 Å². The van der Waals surface area contributed by atoms with Gasteiger partial charge in [-0.15, -0.1) is 11.3 Å². The Labute approximate surface area is 84.4 Å². The lowest BCUT2D eigenvalue weighted by atomic mass is 9.83. The predicted molar refractivity (Wildman–Crippen MR) is 58.1 cm³/mol. The average Bonchev–Trinajstić information content (AvgIpc) is 2.50. The van der Waals surface area contributed by atoms with E-state index in [1.165, 1.54) is 4.88 Å². The van der Waals surface area contributed by atoms with Gasteiger partial charge in [-0.1, -0.05) is 20.3 Å². The third-order valence-electron chi connectivity index (χ3n) is 2.98. The molecule has 0 fully saturated rings. The molecule has 0 radical (unpaired) electrons. The molecule has 2 heteroatoms. The molecule has 0 aliphatic rings. The van der Waals surface area contributed by atoms with Crippen molar-refractivity contribution in [2.45, 2.75) is 39.7 Å². The van der Waals surface area contributed by atoms with E-state index in [9.17, 15) is 5.11 Å². The SMILES string of the molecule is CCC(C)C(C)(O)c1ccsc1C. The van der Waals surface area contributed by atoms with Crippen molar-refractivity contribution in [3.63, 3.8) is 0 Å². The van der Waals surface area contributed by atoms with E-state index >= 15 is 0 Å². The third-order valence-corrected chi connectivity index (χ3v) is 3.82. The standard InChI is InChI=1S/C11H18OS/c1-5-8(2)11(4,12)10-6-7-13-9(10)3/h6-8,12H,5H2,1-4H3. The minimum Gasteiger partial charge on any atom is -0.385 e. The Bertz CT molecular complexity index is 275. The quantitative estimate of drug-likeness (QED) is 0.790. The van der Waals surface area contributed by atoms with E-state index in [4.69, 9.17) is 0 Å². The molecule has 2 unspecified atom stereocenters. The zero-order chi connectivity index (χ0) is 10.1. The molecule has 0 aromatic carbocycles. The molecule has 0 spiro atoms. The Hall–Kier alpha value is -0.340. The maximum absolute atomic E-state index is 10.3. The minimum atomic E-state index is -0.668. The summed E-state index contributed by atoms with van der Waals surface area (Å²) in [4.78, 5) is 1.23. The number of aryl methyl sites for hydroxylation is 1. The van der Waals surface area contributed by atoms with Gasteiger partial charge in [-0.25, -0.2) is 0 Å². The van der Waals surface area contributed by atoms with Gasteiger partial charge in [0, 0.05) is 4.88 Å². The highest BCUT2D eigenvalue weighted by molar-refractivity contribution is 7.10. The summed E-state index contributed by atoms with van der Waals surface area (Å²) in [6.07, 6.45) is 1.00. The predicted octanol–water partition coefficient (Wildman–Crippen LogP) is 3.31. The van der Waals surface area contributed by atoms with E-state index in [0.717, 1.165) is 12.0 Å². The molecule has 0 amide bonds. The van der Waals surface area contributed by atoms with Crippen LogP contribution in [-0.4, -0.2) is 5.11 Å². The lowest BCUT2D eigenvalue weighted by Gasteiger charge is -2.30. The molecule has 0 aliphatic heterocycles. The lowest BCUT2D eigenvalue weighted by Crippen LogP contribution is -2.29. The molecule has 1 nitrogen and oxygen atoms in total. The molecule has 1 N–H and O–H groups in total. The maximum Gasteiger partial charge on any atom is 0.0904 e. The van der Waals surface area contributed by atoms with Crippen LogP contribution in [0.2, 0.25) is 0 Å². The molecule has 2 atom stereocenters. The summed E-state index contributed by atoms with van der Waals surface area (Å²) in [7, 11) is 0. The second kappa shape index (κ2) is 3.81. The molecule has 13 heavy (non-hydrogen) atoms. The van der Waals surface area contributed by atoms with Crippen molar-refractivity contribution >= 4 is 11.3 Å². The van der Waals surface area contributed by atoms with Gasteiger partial charge in [-0.3, -0.25) is 0 Å². The molecular weight excluding hydrogens is 180 g/mol. The molecular formula is C11H18OS. The number of thiophene rings is 1. The number of hydrogen-bond donors (Lipinski definition) is 1. The van der Waals surface area contributed by atoms with E-state index < -0.39 is 5.60 Å². The first-order valence-corrected chi connectivity index (χ1v) is 5.65. The summed E-state index contributed by atoms with van der Waals surface area (Å²) in [6.45, 7) is 8.19. The second-order valence-corrected chi connectivity index (χ2v) is 4.97. The van der Waals surface area contributed by atoms with Crippen LogP contribution in [0.5, 0.6) is 0 Å². The van der Waals surface area contributed by atoms with Crippen molar-refractivity contribution in [3.05, 3.63) is 21.9 Å². The molecule has 74 valence electrons. The van der Waals surface area contributed by atoms with Gasteiger partial charge in [-0.05, 0) is 36.8 Å². The largest absolute Gasteiger partial charge is 0.385 e. The first-order valence-electron chi connectivity index (χ1n) is 4.77. The summed E-state index contributed by atoms with van der Waals surface area (Å²) in [6, 6.07) is 2.03. The fraction of sp³-hybridized carbons (Fsp3) is 0.636.